The molecular formula is C18H17BrN4O3S. The quantitative estimate of drug-likeness (QED) is 0.710. The maximum Gasteiger partial charge on any atom is 0.292 e. The van der Waals surface area contributed by atoms with Crippen molar-refractivity contribution in [2.24, 2.45) is 0 Å². The third-order valence-electron chi connectivity index (χ3n) is 3.91. The molecule has 27 heavy (non-hydrogen) atoms. The number of thioether (sulfide) groups is 1. The highest BCUT2D eigenvalue weighted by molar-refractivity contribution is 9.10. The first-order chi connectivity index (χ1) is 12.9. The Morgan fingerprint density at radius 3 is 2.93 bits per heavy atom. The molecule has 0 aliphatic carbocycles. The van der Waals surface area contributed by atoms with Crippen LogP contribution in [0.5, 0.6) is 0 Å². The molecule has 140 valence electrons. The van der Waals surface area contributed by atoms with E-state index in [1.54, 1.807) is 12.1 Å². The number of hydrogen-bond donors (Lipinski definition) is 1. The summed E-state index contributed by atoms with van der Waals surface area (Å²) in [4.78, 5) is 39.3. The van der Waals surface area contributed by atoms with Crippen LogP contribution < -0.4 is 15.8 Å². The highest BCUT2D eigenvalue weighted by Gasteiger charge is 2.28. The van der Waals surface area contributed by atoms with Gasteiger partial charge in [-0.05, 0) is 40.5 Å². The van der Waals surface area contributed by atoms with Crippen molar-refractivity contribution in [1.82, 2.24) is 9.78 Å². The summed E-state index contributed by atoms with van der Waals surface area (Å²) in [6, 6.07) is 5.54. The summed E-state index contributed by atoms with van der Waals surface area (Å²) in [5, 5.41) is 6.83. The Balaban J connectivity index is 1.85. The molecule has 1 aliphatic rings. The predicted molar refractivity (Wildman–Crippen MR) is 109 cm³/mol. The number of halogens is 1. The monoisotopic (exact) mass is 448 g/mol. The standard InChI is InChI=1S/C18H17BrN4O3S/c1-3-6-22-16(25)10-27-14-8-20-23(18(26)17(14)22)9-15(24)21-13-5-4-11(2)7-12(13)19/h3-5,7-8H,1,6,9-10H2,2H3,(H,21,24). The topological polar surface area (TPSA) is 84.3 Å². The second-order valence-corrected chi connectivity index (χ2v) is 7.80. The van der Waals surface area contributed by atoms with Crippen LogP contribution >= 0.6 is 27.7 Å². The lowest BCUT2D eigenvalue weighted by Crippen LogP contribution is -2.42. The highest BCUT2D eigenvalue weighted by atomic mass is 79.9. The van der Waals surface area contributed by atoms with Gasteiger partial charge in [-0.2, -0.15) is 5.10 Å². The number of anilines is 2. The van der Waals surface area contributed by atoms with Crippen molar-refractivity contribution >= 4 is 50.9 Å². The fourth-order valence-electron chi connectivity index (χ4n) is 2.64. The third kappa shape index (κ3) is 4.14. The summed E-state index contributed by atoms with van der Waals surface area (Å²) in [6.07, 6.45) is 3.07. The van der Waals surface area contributed by atoms with E-state index in [9.17, 15) is 14.4 Å². The number of fused-ring (bicyclic) bond motifs is 1. The van der Waals surface area contributed by atoms with Crippen molar-refractivity contribution in [2.45, 2.75) is 18.4 Å². The maximum absolute atomic E-state index is 12.8. The van der Waals surface area contributed by atoms with Gasteiger partial charge in [0.1, 0.15) is 12.2 Å². The van der Waals surface area contributed by atoms with Gasteiger partial charge in [0.05, 0.1) is 22.5 Å². The van der Waals surface area contributed by atoms with E-state index >= 15 is 0 Å². The Morgan fingerprint density at radius 1 is 1.44 bits per heavy atom. The number of nitrogens with zero attached hydrogens (tertiary/aromatic N) is 3. The van der Waals surface area contributed by atoms with Crippen LogP contribution in [0, 0.1) is 6.92 Å². The van der Waals surface area contributed by atoms with E-state index in [-0.39, 0.29) is 36.3 Å². The zero-order valence-corrected chi connectivity index (χ0v) is 17.0. The molecule has 0 fully saturated rings. The Morgan fingerprint density at radius 2 is 2.22 bits per heavy atom. The average Bonchev–Trinajstić information content (AvgIpc) is 2.62. The van der Waals surface area contributed by atoms with Crippen LogP contribution in [-0.4, -0.2) is 33.9 Å². The Labute approximate surface area is 168 Å². The molecule has 2 aromatic rings. The molecule has 0 spiro atoms. The predicted octanol–water partition coefficient (Wildman–Crippen LogP) is 2.58. The van der Waals surface area contributed by atoms with E-state index in [1.165, 1.54) is 22.9 Å². The van der Waals surface area contributed by atoms with Gasteiger partial charge in [-0.1, -0.05) is 12.1 Å². The number of carbonyl (C=O) groups excluding carboxylic acids is 2. The van der Waals surface area contributed by atoms with Crippen molar-refractivity contribution < 1.29 is 9.59 Å². The van der Waals surface area contributed by atoms with Gasteiger partial charge < -0.3 is 10.2 Å². The molecule has 1 aromatic heterocycles. The fourth-order valence-corrected chi connectivity index (χ4v) is 4.12. The van der Waals surface area contributed by atoms with Crippen molar-refractivity contribution in [2.75, 3.05) is 22.5 Å². The zero-order chi connectivity index (χ0) is 19.6. The van der Waals surface area contributed by atoms with Crippen LogP contribution in [0.15, 0.2) is 51.2 Å². The van der Waals surface area contributed by atoms with Crippen LogP contribution in [0.25, 0.3) is 0 Å². The van der Waals surface area contributed by atoms with Gasteiger partial charge in [-0.15, -0.1) is 18.3 Å². The van der Waals surface area contributed by atoms with E-state index in [0.717, 1.165) is 14.7 Å². The molecule has 1 aromatic carbocycles. The lowest BCUT2D eigenvalue weighted by atomic mass is 10.2. The molecule has 0 atom stereocenters. The van der Waals surface area contributed by atoms with E-state index in [4.69, 9.17) is 0 Å². The largest absolute Gasteiger partial charge is 0.323 e. The summed E-state index contributed by atoms with van der Waals surface area (Å²) >= 11 is 4.67. The van der Waals surface area contributed by atoms with Gasteiger partial charge in [0.2, 0.25) is 11.8 Å². The maximum atomic E-state index is 12.8. The molecule has 3 rings (SSSR count). The fraction of sp³-hybridized carbons (Fsp3) is 0.222. The molecule has 1 aliphatic heterocycles. The van der Waals surface area contributed by atoms with Crippen LogP contribution in [0.4, 0.5) is 11.4 Å². The summed E-state index contributed by atoms with van der Waals surface area (Å²) < 4.78 is 1.81. The second-order valence-electron chi connectivity index (χ2n) is 5.93. The van der Waals surface area contributed by atoms with E-state index in [0.29, 0.717) is 10.6 Å². The minimum atomic E-state index is -0.479. The first kappa shape index (κ1) is 19.4. The molecule has 7 nitrogen and oxygen atoms in total. The molecule has 2 heterocycles. The number of rotatable bonds is 5. The van der Waals surface area contributed by atoms with Crippen molar-refractivity contribution in [1.29, 1.82) is 0 Å². The van der Waals surface area contributed by atoms with Gasteiger partial charge in [0, 0.05) is 11.0 Å². The number of aromatic nitrogens is 2. The Kier molecular flexibility index (Phi) is 5.81. The first-order valence-corrected chi connectivity index (χ1v) is 9.88. The van der Waals surface area contributed by atoms with Gasteiger partial charge >= 0.3 is 0 Å². The van der Waals surface area contributed by atoms with Crippen molar-refractivity contribution in [3.8, 4) is 0 Å². The number of nitrogens with one attached hydrogen (secondary N) is 1. The van der Waals surface area contributed by atoms with Crippen LogP contribution in [-0.2, 0) is 16.1 Å². The normalized spacial score (nSPS) is 13.3. The third-order valence-corrected chi connectivity index (χ3v) is 5.57. The van der Waals surface area contributed by atoms with Crippen molar-refractivity contribution in [3.05, 3.63) is 57.4 Å². The van der Waals surface area contributed by atoms with Crippen LogP contribution in [0.2, 0.25) is 0 Å². The van der Waals surface area contributed by atoms with Gasteiger partial charge in [0.15, 0.2) is 0 Å². The second kappa shape index (κ2) is 8.10. The number of hydrogen-bond acceptors (Lipinski definition) is 5. The molecule has 0 saturated heterocycles. The number of carbonyl (C=O) groups is 2. The lowest BCUT2D eigenvalue weighted by Gasteiger charge is -2.27. The van der Waals surface area contributed by atoms with Crippen LogP contribution in [0.3, 0.4) is 0 Å². The van der Waals surface area contributed by atoms with E-state index < -0.39 is 5.56 Å². The Hall–Kier alpha value is -2.39. The SMILES string of the molecule is C=CCN1C(=O)CSc2cnn(CC(=O)Nc3ccc(C)cc3Br)c(=O)c21. The highest BCUT2D eigenvalue weighted by Crippen LogP contribution is 2.31. The van der Waals surface area contributed by atoms with Crippen LogP contribution in [0.1, 0.15) is 5.56 Å². The Bertz CT molecular complexity index is 989. The van der Waals surface area contributed by atoms with E-state index in [2.05, 4.69) is 32.9 Å². The molecule has 9 heteroatoms. The lowest BCUT2D eigenvalue weighted by molar-refractivity contribution is -0.117. The van der Waals surface area contributed by atoms with Gasteiger partial charge in [-0.25, -0.2) is 4.68 Å². The molecular weight excluding hydrogens is 432 g/mol. The number of amides is 2. The van der Waals surface area contributed by atoms with Gasteiger partial charge in [0.25, 0.3) is 5.56 Å². The molecule has 0 unspecified atom stereocenters. The number of aryl methyl sites for hydroxylation is 1. The molecule has 2 amide bonds. The molecule has 1 N–H and O–H groups in total. The van der Waals surface area contributed by atoms with E-state index in [1.807, 2.05) is 19.1 Å². The average molecular weight is 449 g/mol. The summed E-state index contributed by atoms with van der Waals surface area (Å²) in [5.74, 6) is -0.317. The minimum Gasteiger partial charge on any atom is -0.323 e. The molecule has 0 bridgehead atoms. The molecule has 0 radical (unpaired) electrons. The number of benzene rings is 1. The first-order valence-electron chi connectivity index (χ1n) is 8.11. The summed E-state index contributed by atoms with van der Waals surface area (Å²) in [7, 11) is 0. The summed E-state index contributed by atoms with van der Waals surface area (Å²) in [5.41, 5.74) is 1.43. The zero-order valence-electron chi connectivity index (χ0n) is 14.6. The minimum absolute atomic E-state index is 0.171. The smallest absolute Gasteiger partial charge is 0.292 e. The summed E-state index contributed by atoms with van der Waals surface area (Å²) in [6.45, 7) is 5.55. The van der Waals surface area contributed by atoms with Gasteiger partial charge in [-0.3, -0.25) is 14.4 Å². The molecule has 0 saturated carbocycles. The van der Waals surface area contributed by atoms with Crippen molar-refractivity contribution in [3.63, 3.8) is 0 Å².